The van der Waals surface area contributed by atoms with E-state index in [0.29, 0.717) is 29.1 Å². The molecule has 0 unspecified atom stereocenters. The molecule has 0 atom stereocenters. The van der Waals surface area contributed by atoms with Crippen molar-refractivity contribution in [1.82, 2.24) is 10.1 Å². The Kier molecular flexibility index (Phi) is 5.43. The van der Waals surface area contributed by atoms with Gasteiger partial charge in [0.2, 0.25) is 11.7 Å². The molecule has 1 heterocycles. The van der Waals surface area contributed by atoms with E-state index in [9.17, 15) is 4.79 Å². The zero-order valence-electron chi connectivity index (χ0n) is 10.8. The van der Waals surface area contributed by atoms with Crippen LogP contribution in [0.15, 0.2) is 28.8 Å². The molecule has 0 aliphatic rings. The van der Waals surface area contributed by atoms with E-state index in [1.165, 1.54) is 11.8 Å². The Bertz CT molecular complexity index is 571. The Labute approximate surface area is 125 Å². The fourth-order valence-electron chi connectivity index (χ4n) is 1.45. The van der Waals surface area contributed by atoms with Crippen LogP contribution in [-0.2, 0) is 15.3 Å². The van der Waals surface area contributed by atoms with E-state index in [1.54, 1.807) is 19.1 Å². The zero-order chi connectivity index (χ0) is 14.4. The van der Waals surface area contributed by atoms with E-state index in [4.69, 9.17) is 20.9 Å². The first-order chi connectivity index (χ1) is 9.69. The fourth-order valence-corrected chi connectivity index (χ4v) is 2.22. The summed E-state index contributed by atoms with van der Waals surface area (Å²) in [5.41, 5.74) is 0.833. The third kappa shape index (κ3) is 4.25. The minimum absolute atomic E-state index is 0.241. The average molecular weight is 313 g/mol. The first kappa shape index (κ1) is 14.9. The van der Waals surface area contributed by atoms with Crippen LogP contribution in [0.1, 0.15) is 12.8 Å². The molecule has 0 aliphatic heterocycles. The van der Waals surface area contributed by atoms with E-state index in [2.05, 4.69) is 10.1 Å². The van der Waals surface area contributed by atoms with Gasteiger partial charge in [0.15, 0.2) is 0 Å². The van der Waals surface area contributed by atoms with E-state index in [-0.39, 0.29) is 11.7 Å². The molecular formula is C13H13ClN2O3S. The molecule has 0 fully saturated rings. The Morgan fingerprint density at radius 3 is 2.85 bits per heavy atom. The first-order valence-electron chi connectivity index (χ1n) is 6.01. The third-order valence-electron chi connectivity index (χ3n) is 2.32. The highest BCUT2D eigenvalue weighted by molar-refractivity contribution is 7.99. The molecule has 1 aromatic heterocycles. The van der Waals surface area contributed by atoms with E-state index >= 15 is 0 Å². The number of halogens is 1. The van der Waals surface area contributed by atoms with Gasteiger partial charge in [-0.15, -0.1) is 11.8 Å². The molecule has 0 spiro atoms. The summed E-state index contributed by atoms with van der Waals surface area (Å²) < 4.78 is 9.95. The second kappa shape index (κ2) is 7.31. The van der Waals surface area contributed by atoms with E-state index in [1.807, 2.05) is 12.1 Å². The summed E-state index contributed by atoms with van der Waals surface area (Å²) in [5.74, 6) is 1.49. The van der Waals surface area contributed by atoms with Crippen LogP contribution in [0.4, 0.5) is 0 Å². The van der Waals surface area contributed by atoms with Crippen LogP contribution in [0, 0.1) is 0 Å². The summed E-state index contributed by atoms with van der Waals surface area (Å²) in [5, 5.41) is 4.55. The maximum atomic E-state index is 11.2. The molecule has 0 amide bonds. The highest BCUT2D eigenvalue weighted by Gasteiger charge is 2.10. The SMILES string of the molecule is CCOC(=O)CSCc1nc(-c2ccc(Cl)cc2)no1. The quantitative estimate of drug-likeness (QED) is 0.763. The number of thioether (sulfide) groups is 1. The molecule has 0 saturated heterocycles. The smallest absolute Gasteiger partial charge is 0.315 e. The molecule has 1 aromatic carbocycles. The summed E-state index contributed by atoms with van der Waals surface area (Å²) >= 11 is 7.19. The van der Waals surface area contributed by atoms with Crippen molar-refractivity contribution in [3.63, 3.8) is 0 Å². The number of aromatic nitrogens is 2. The molecule has 0 N–H and O–H groups in total. The lowest BCUT2D eigenvalue weighted by molar-refractivity contribution is -0.139. The monoisotopic (exact) mass is 312 g/mol. The predicted octanol–water partition coefficient (Wildman–Crippen LogP) is 3.19. The van der Waals surface area contributed by atoms with Gasteiger partial charge in [-0.25, -0.2) is 0 Å². The zero-order valence-corrected chi connectivity index (χ0v) is 12.4. The molecule has 7 heteroatoms. The Morgan fingerprint density at radius 1 is 1.40 bits per heavy atom. The fraction of sp³-hybridized carbons (Fsp3) is 0.308. The number of hydrogen-bond donors (Lipinski definition) is 0. The topological polar surface area (TPSA) is 65.2 Å². The lowest BCUT2D eigenvalue weighted by Gasteiger charge is -1.99. The van der Waals surface area contributed by atoms with Crippen LogP contribution in [0.25, 0.3) is 11.4 Å². The first-order valence-corrected chi connectivity index (χ1v) is 7.54. The van der Waals surface area contributed by atoms with Gasteiger partial charge in [0.05, 0.1) is 18.1 Å². The molecule has 2 rings (SSSR count). The van der Waals surface area contributed by atoms with Gasteiger partial charge in [-0.1, -0.05) is 16.8 Å². The number of nitrogens with zero attached hydrogens (tertiary/aromatic N) is 2. The lowest BCUT2D eigenvalue weighted by atomic mass is 10.2. The average Bonchev–Trinajstić information content (AvgIpc) is 2.89. The van der Waals surface area contributed by atoms with Gasteiger partial charge in [-0.2, -0.15) is 4.98 Å². The van der Waals surface area contributed by atoms with Crippen LogP contribution in [0.5, 0.6) is 0 Å². The Hall–Kier alpha value is -1.53. The van der Waals surface area contributed by atoms with E-state index in [0.717, 1.165) is 5.56 Å². The van der Waals surface area contributed by atoms with E-state index < -0.39 is 0 Å². The van der Waals surface area contributed by atoms with Crippen LogP contribution in [-0.4, -0.2) is 28.5 Å². The van der Waals surface area contributed by atoms with Crippen LogP contribution < -0.4 is 0 Å². The predicted molar refractivity (Wildman–Crippen MR) is 77.5 cm³/mol. The van der Waals surface area contributed by atoms with Crippen molar-refractivity contribution in [1.29, 1.82) is 0 Å². The molecular weight excluding hydrogens is 300 g/mol. The van der Waals surface area contributed by atoms with Gasteiger partial charge in [0.1, 0.15) is 0 Å². The maximum Gasteiger partial charge on any atom is 0.315 e. The second-order valence-corrected chi connectivity index (χ2v) is 5.24. The number of hydrogen-bond acceptors (Lipinski definition) is 6. The second-order valence-electron chi connectivity index (χ2n) is 3.82. The summed E-state index contributed by atoms with van der Waals surface area (Å²) in [7, 11) is 0. The maximum absolute atomic E-state index is 11.2. The summed E-state index contributed by atoms with van der Waals surface area (Å²) in [4.78, 5) is 15.4. The number of carbonyl (C=O) groups excluding carboxylic acids is 1. The van der Waals surface area contributed by atoms with Crippen LogP contribution in [0.2, 0.25) is 5.02 Å². The molecule has 5 nitrogen and oxygen atoms in total. The number of carbonyl (C=O) groups is 1. The van der Waals surface area contributed by atoms with Crippen molar-refractivity contribution >= 4 is 29.3 Å². The highest BCUT2D eigenvalue weighted by Crippen LogP contribution is 2.20. The van der Waals surface area contributed by atoms with Gasteiger partial charge in [-0.05, 0) is 31.2 Å². The van der Waals surface area contributed by atoms with Crippen LogP contribution in [0.3, 0.4) is 0 Å². The molecule has 0 saturated carbocycles. The number of esters is 1. The van der Waals surface area contributed by atoms with Crippen molar-refractivity contribution in [3.8, 4) is 11.4 Å². The Balaban J connectivity index is 1.89. The number of benzene rings is 1. The summed E-state index contributed by atoms with van der Waals surface area (Å²) in [6.07, 6.45) is 0. The minimum Gasteiger partial charge on any atom is -0.465 e. The van der Waals surface area contributed by atoms with Gasteiger partial charge in [0, 0.05) is 10.6 Å². The lowest BCUT2D eigenvalue weighted by Crippen LogP contribution is -2.06. The molecule has 20 heavy (non-hydrogen) atoms. The summed E-state index contributed by atoms with van der Waals surface area (Å²) in [6.45, 7) is 2.17. The largest absolute Gasteiger partial charge is 0.465 e. The standard InChI is InChI=1S/C13H13ClN2O3S/c1-2-18-12(17)8-20-7-11-15-13(16-19-11)9-3-5-10(14)6-4-9/h3-6H,2,7-8H2,1H3. The van der Waals surface area contributed by atoms with Gasteiger partial charge < -0.3 is 9.26 Å². The normalized spacial score (nSPS) is 10.5. The van der Waals surface area contributed by atoms with Crippen molar-refractivity contribution in [2.45, 2.75) is 12.7 Å². The van der Waals surface area contributed by atoms with Crippen molar-refractivity contribution < 1.29 is 14.1 Å². The summed E-state index contributed by atoms with van der Waals surface area (Å²) in [6, 6.07) is 7.18. The molecule has 106 valence electrons. The van der Waals surface area contributed by atoms with Crippen LogP contribution >= 0.6 is 23.4 Å². The van der Waals surface area contributed by atoms with Gasteiger partial charge in [-0.3, -0.25) is 4.79 Å². The van der Waals surface area contributed by atoms with Crippen molar-refractivity contribution in [3.05, 3.63) is 35.2 Å². The molecule has 0 radical (unpaired) electrons. The van der Waals surface area contributed by atoms with Crippen molar-refractivity contribution in [2.75, 3.05) is 12.4 Å². The van der Waals surface area contributed by atoms with Gasteiger partial charge >= 0.3 is 5.97 Å². The van der Waals surface area contributed by atoms with Crippen molar-refractivity contribution in [2.24, 2.45) is 0 Å². The molecule has 2 aromatic rings. The number of rotatable bonds is 6. The van der Waals surface area contributed by atoms with Gasteiger partial charge in [0.25, 0.3) is 0 Å². The molecule has 0 bridgehead atoms. The number of ether oxygens (including phenoxy) is 1. The Morgan fingerprint density at radius 2 is 2.15 bits per heavy atom. The highest BCUT2D eigenvalue weighted by atomic mass is 35.5. The molecule has 0 aliphatic carbocycles. The third-order valence-corrected chi connectivity index (χ3v) is 3.46. The minimum atomic E-state index is -0.241.